The van der Waals surface area contributed by atoms with E-state index in [0.29, 0.717) is 0 Å². The Morgan fingerprint density at radius 2 is 2.13 bits per heavy atom. The number of rotatable bonds is 1. The molecule has 1 aliphatic rings. The molecular weight excluding hydrogens is 186 g/mol. The zero-order valence-corrected chi connectivity index (χ0v) is 9.71. The second-order valence-electron chi connectivity index (χ2n) is 5.02. The van der Waals surface area contributed by atoms with Crippen molar-refractivity contribution < 1.29 is 4.74 Å². The van der Waals surface area contributed by atoms with Gasteiger partial charge >= 0.3 is 0 Å². The van der Waals surface area contributed by atoms with Gasteiger partial charge in [0.2, 0.25) is 0 Å². The van der Waals surface area contributed by atoms with E-state index in [2.05, 4.69) is 32.0 Å². The molecule has 0 fully saturated rings. The van der Waals surface area contributed by atoms with Crippen molar-refractivity contribution in [3.8, 4) is 5.75 Å². The number of ether oxygens (including phenoxy) is 1. The van der Waals surface area contributed by atoms with Crippen LogP contribution in [0.25, 0.3) is 0 Å². The van der Waals surface area contributed by atoms with Crippen LogP contribution in [0.4, 0.5) is 0 Å². The third-order valence-corrected chi connectivity index (χ3v) is 2.99. The Morgan fingerprint density at radius 3 is 2.80 bits per heavy atom. The lowest BCUT2D eigenvalue weighted by Crippen LogP contribution is -2.32. The Kier molecular flexibility index (Phi) is 2.47. The molecule has 0 aromatic heterocycles. The quantitative estimate of drug-likeness (QED) is 0.765. The summed E-state index contributed by atoms with van der Waals surface area (Å²) in [5.74, 6) is 1.02. The molecule has 1 aromatic carbocycles. The van der Waals surface area contributed by atoms with Crippen molar-refractivity contribution in [1.29, 1.82) is 0 Å². The van der Waals surface area contributed by atoms with Crippen LogP contribution < -0.4 is 10.5 Å². The summed E-state index contributed by atoms with van der Waals surface area (Å²) in [5.41, 5.74) is 8.32. The van der Waals surface area contributed by atoms with Crippen LogP contribution in [0, 0.1) is 0 Å². The molecule has 0 spiro atoms. The number of benzene rings is 1. The minimum atomic E-state index is -0.0250. The highest BCUT2D eigenvalue weighted by Gasteiger charge is 2.26. The number of nitrogens with two attached hydrogens (primary N) is 1. The predicted octanol–water partition coefficient (Wildman–Crippen LogP) is 2.81. The lowest BCUT2D eigenvalue weighted by atomic mass is 9.92. The molecule has 2 heteroatoms. The topological polar surface area (TPSA) is 35.2 Å². The van der Waals surface area contributed by atoms with Crippen LogP contribution in [0.3, 0.4) is 0 Å². The highest BCUT2D eigenvalue weighted by molar-refractivity contribution is 5.40. The molecule has 82 valence electrons. The molecule has 2 nitrogen and oxygen atoms in total. The largest absolute Gasteiger partial charge is 0.488 e. The van der Waals surface area contributed by atoms with E-state index in [9.17, 15) is 0 Å². The zero-order chi connectivity index (χ0) is 11.1. The van der Waals surface area contributed by atoms with E-state index in [0.717, 1.165) is 18.6 Å². The average molecular weight is 205 g/mol. The van der Waals surface area contributed by atoms with Crippen LogP contribution in [-0.2, 0) is 6.42 Å². The van der Waals surface area contributed by atoms with E-state index in [1.54, 1.807) is 0 Å². The van der Waals surface area contributed by atoms with Gasteiger partial charge in [0.05, 0.1) is 0 Å². The first kappa shape index (κ1) is 10.5. The average Bonchev–Trinajstić information content (AvgIpc) is 2.15. The van der Waals surface area contributed by atoms with Crippen LogP contribution in [-0.4, -0.2) is 5.60 Å². The van der Waals surface area contributed by atoms with Crippen molar-refractivity contribution in [3.05, 3.63) is 29.3 Å². The molecule has 0 saturated carbocycles. The Morgan fingerprint density at radius 1 is 1.40 bits per heavy atom. The normalized spacial score (nSPS) is 20.3. The summed E-state index contributed by atoms with van der Waals surface area (Å²) < 4.78 is 5.91. The van der Waals surface area contributed by atoms with E-state index < -0.39 is 0 Å². The molecule has 0 bridgehead atoms. The van der Waals surface area contributed by atoms with Gasteiger partial charge in [0.15, 0.2) is 0 Å². The summed E-state index contributed by atoms with van der Waals surface area (Å²) in [6.07, 6.45) is 2.16. The van der Waals surface area contributed by atoms with Gasteiger partial charge < -0.3 is 10.5 Å². The third kappa shape index (κ3) is 2.15. The summed E-state index contributed by atoms with van der Waals surface area (Å²) in [4.78, 5) is 0. The molecular formula is C13H19NO. The van der Waals surface area contributed by atoms with E-state index in [4.69, 9.17) is 10.5 Å². The van der Waals surface area contributed by atoms with Crippen LogP contribution in [0.15, 0.2) is 18.2 Å². The van der Waals surface area contributed by atoms with Crippen LogP contribution in [0.2, 0.25) is 0 Å². The predicted molar refractivity (Wildman–Crippen MR) is 62.1 cm³/mol. The van der Waals surface area contributed by atoms with Crippen molar-refractivity contribution in [3.63, 3.8) is 0 Å². The fraction of sp³-hybridized carbons (Fsp3) is 0.538. The first-order valence-corrected chi connectivity index (χ1v) is 5.55. The SMILES string of the molecule is C[C@@H](N)c1ccc2c(c1)CCC(C)(C)O2. The lowest BCUT2D eigenvalue weighted by molar-refractivity contribution is 0.0846. The number of hydrogen-bond acceptors (Lipinski definition) is 2. The number of aryl methyl sites for hydroxylation is 1. The lowest BCUT2D eigenvalue weighted by Gasteiger charge is -2.32. The Labute approximate surface area is 91.4 Å². The summed E-state index contributed by atoms with van der Waals surface area (Å²) in [5, 5.41) is 0. The van der Waals surface area contributed by atoms with E-state index >= 15 is 0 Å². The smallest absolute Gasteiger partial charge is 0.123 e. The molecule has 1 aromatic rings. The minimum absolute atomic E-state index is 0.0250. The second kappa shape index (κ2) is 3.53. The van der Waals surface area contributed by atoms with E-state index in [1.807, 2.05) is 6.92 Å². The molecule has 1 aliphatic heterocycles. The zero-order valence-electron chi connectivity index (χ0n) is 9.71. The van der Waals surface area contributed by atoms with Gasteiger partial charge in [-0.05, 0) is 50.8 Å². The Bertz CT molecular complexity index is 369. The minimum Gasteiger partial charge on any atom is -0.488 e. The molecule has 2 rings (SSSR count). The molecule has 1 atom stereocenters. The van der Waals surface area contributed by atoms with Crippen molar-refractivity contribution >= 4 is 0 Å². The summed E-state index contributed by atoms with van der Waals surface area (Å²) in [6.45, 7) is 6.28. The summed E-state index contributed by atoms with van der Waals surface area (Å²) in [7, 11) is 0. The molecule has 1 heterocycles. The van der Waals surface area contributed by atoms with Crippen molar-refractivity contribution in [1.82, 2.24) is 0 Å². The first-order chi connectivity index (χ1) is 6.98. The molecule has 2 N–H and O–H groups in total. The highest BCUT2D eigenvalue weighted by atomic mass is 16.5. The second-order valence-corrected chi connectivity index (χ2v) is 5.02. The van der Waals surface area contributed by atoms with Gasteiger partial charge in [-0.15, -0.1) is 0 Å². The van der Waals surface area contributed by atoms with Gasteiger partial charge in [0, 0.05) is 6.04 Å². The van der Waals surface area contributed by atoms with Gasteiger partial charge in [-0.3, -0.25) is 0 Å². The highest BCUT2D eigenvalue weighted by Crippen LogP contribution is 2.34. The van der Waals surface area contributed by atoms with Crippen molar-refractivity contribution in [2.24, 2.45) is 5.73 Å². The maximum atomic E-state index is 5.91. The van der Waals surface area contributed by atoms with Gasteiger partial charge in [-0.2, -0.15) is 0 Å². The fourth-order valence-corrected chi connectivity index (χ4v) is 1.96. The maximum absolute atomic E-state index is 5.91. The third-order valence-electron chi connectivity index (χ3n) is 2.99. The van der Waals surface area contributed by atoms with Gasteiger partial charge in [0.1, 0.15) is 11.4 Å². The van der Waals surface area contributed by atoms with E-state index in [1.165, 1.54) is 11.1 Å². The van der Waals surface area contributed by atoms with Crippen molar-refractivity contribution in [2.45, 2.75) is 45.3 Å². The van der Waals surface area contributed by atoms with Crippen LogP contribution >= 0.6 is 0 Å². The number of fused-ring (bicyclic) bond motifs is 1. The molecule has 0 amide bonds. The molecule has 0 unspecified atom stereocenters. The summed E-state index contributed by atoms with van der Waals surface area (Å²) >= 11 is 0. The molecule has 0 aliphatic carbocycles. The Balaban J connectivity index is 2.32. The van der Waals surface area contributed by atoms with Gasteiger partial charge in [-0.1, -0.05) is 12.1 Å². The van der Waals surface area contributed by atoms with Crippen LogP contribution in [0.5, 0.6) is 5.75 Å². The van der Waals surface area contributed by atoms with Crippen molar-refractivity contribution in [2.75, 3.05) is 0 Å². The maximum Gasteiger partial charge on any atom is 0.123 e. The summed E-state index contributed by atoms with van der Waals surface area (Å²) in [6, 6.07) is 6.39. The van der Waals surface area contributed by atoms with Crippen LogP contribution in [0.1, 0.15) is 44.4 Å². The molecule has 15 heavy (non-hydrogen) atoms. The van der Waals surface area contributed by atoms with E-state index in [-0.39, 0.29) is 11.6 Å². The monoisotopic (exact) mass is 205 g/mol. The standard InChI is InChI=1S/C13H19NO/c1-9(14)10-4-5-12-11(8-10)6-7-13(2,3)15-12/h4-5,8-9H,6-7,14H2,1-3H3/t9-/m1/s1. The fourth-order valence-electron chi connectivity index (χ4n) is 1.96. The molecule has 0 saturated heterocycles. The first-order valence-electron chi connectivity index (χ1n) is 5.55. The Hall–Kier alpha value is -1.02. The van der Waals surface area contributed by atoms with Gasteiger partial charge in [-0.25, -0.2) is 0 Å². The number of hydrogen-bond donors (Lipinski definition) is 1. The molecule has 0 radical (unpaired) electrons. The van der Waals surface area contributed by atoms with Gasteiger partial charge in [0.25, 0.3) is 0 Å².